The van der Waals surface area contributed by atoms with Crippen molar-refractivity contribution in [1.82, 2.24) is 9.21 Å². The maximum atomic E-state index is 11.6. The number of likely N-dealkylation sites (N-methyl/N-ethyl adjacent to an activating group) is 1. The van der Waals surface area contributed by atoms with Crippen molar-refractivity contribution >= 4 is 16.1 Å². The quantitative estimate of drug-likeness (QED) is 0.728. The van der Waals surface area contributed by atoms with Gasteiger partial charge in [-0.25, -0.2) is 13.2 Å². The SMILES string of the molecule is CN(C1CN(C(=O)OC(C)(C)C)C1)S(C)(=O)=O. The molecule has 0 N–H and O–H groups in total. The Hall–Kier alpha value is -0.820. The Kier molecular flexibility index (Phi) is 3.73. The fourth-order valence-electron chi connectivity index (χ4n) is 1.43. The van der Waals surface area contributed by atoms with Gasteiger partial charge in [-0.3, -0.25) is 0 Å². The van der Waals surface area contributed by atoms with Gasteiger partial charge in [0.1, 0.15) is 5.60 Å². The molecule has 1 aliphatic heterocycles. The van der Waals surface area contributed by atoms with Crippen molar-refractivity contribution in [3.05, 3.63) is 0 Å². The largest absolute Gasteiger partial charge is 0.444 e. The third-order valence-corrected chi connectivity index (χ3v) is 3.90. The first-order valence-corrected chi connectivity index (χ1v) is 7.26. The number of amides is 1. The molecule has 1 amide bonds. The van der Waals surface area contributed by atoms with Gasteiger partial charge >= 0.3 is 6.09 Å². The van der Waals surface area contributed by atoms with Gasteiger partial charge in [-0.2, -0.15) is 4.31 Å². The number of nitrogens with zero attached hydrogens (tertiary/aromatic N) is 2. The minimum absolute atomic E-state index is 0.141. The molecule has 0 spiro atoms. The zero-order valence-electron chi connectivity index (χ0n) is 10.9. The summed E-state index contributed by atoms with van der Waals surface area (Å²) in [4.78, 5) is 13.1. The number of hydrogen-bond donors (Lipinski definition) is 0. The molecule has 0 aromatic carbocycles. The number of carbonyl (C=O) groups excluding carboxylic acids is 1. The Balaban J connectivity index is 2.45. The molecule has 1 fully saturated rings. The number of likely N-dealkylation sites (tertiary alicyclic amines) is 1. The molecule has 1 rings (SSSR count). The Morgan fingerprint density at radius 1 is 1.35 bits per heavy atom. The molecular weight excluding hydrogens is 244 g/mol. The van der Waals surface area contributed by atoms with E-state index in [1.165, 1.54) is 16.3 Å². The van der Waals surface area contributed by atoms with E-state index in [1.54, 1.807) is 20.8 Å². The van der Waals surface area contributed by atoms with Gasteiger partial charge in [-0.1, -0.05) is 0 Å². The van der Waals surface area contributed by atoms with E-state index in [2.05, 4.69) is 0 Å². The van der Waals surface area contributed by atoms with E-state index in [0.717, 1.165) is 6.26 Å². The van der Waals surface area contributed by atoms with Crippen LogP contribution >= 0.6 is 0 Å². The van der Waals surface area contributed by atoms with Crippen LogP contribution in [0.15, 0.2) is 0 Å². The molecule has 1 aliphatic rings. The number of hydrogen-bond acceptors (Lipinski definition) is 4. The second-order valence-electron chi connectivity index (χ2n) is 5.32. The van der Waals surface area contributed by atoms with Crippen molar-refractivity contribution in [3.63, 3.8) is 0 Å². The molecule has 17 heavy (non-hydrogen) atoms. The van der Waals surface area contributed by atoms with Crippen molar-refractivity contribution in [1.29, 1.82) is 0 Å². The highest BCUT2D eigenvalue weighted by atomic mass is 32.2. The van der Waals surface area contributed by atoms with E-state index < -0.39 is 21.7 Å². The van der Waals surface area contributed by atoms with Gasteiger partial charge in [0, 0.05) is 20.1 Å². The molecule has 0 atom stereocenters. The molecule has 7 heteroatoms. The molecule has 1 heterocycles. The summed E-state index contributed by atoms with van der Waals surface area (Å²) >= 11 is 0. The smallest absolute Gasteiger partial charge is 0.410 e. The summed E-state index contributed by atoms with van der Waals surface area (Å²) in [5, 5.41) is 0. The predicted molar refractivity (Wildman–Crippen MR) is 64.2 cm³/mol. The first kappa shape index (κ1) is 14.2. The highest BCUT2D eigenvalue weighted by molar-refractivity contribution is 7.88. The summed E-state index contributed by atoms with van der Waals surface area (Å²) in [5.41, 5.74) is -0.523. The maximum absolute atomic E-state index is 11.6. The molecular formula is C10H20N2O4S. The summed E-state index contributed by atoms with van der Waals surface area (Å²) in [6, 6.07) is -0.141. The third-order valence-electron chi connectivity index (χ3n) is 2.55. The maximum Gasteiger partial charge on any atom is 0.410 e. The van der Waals surface area contributed by atoms with Crippen molar-refractivity contribution in [2.24, 2.45) is 0 Å². The number of carbonyl (C=O) groups is 1. The monoisotopic (exact) mass is 264 g/mol. The minimum Gasteiger partial charge on any atom is -0.444 e. The fourth-order valence-corrected chi connectivity index (χ4v) is 2.11. The van der Waals surface area contributed by atoms with E-state index in [-0.39, 0.29) is 6.04 Å². The van der Waals surface area contributed by atoms with Crippen LogP contribution in [-0.4, -0.2) is 61.8 Å². The molecule has 6 nitrogen and oxygen atoms in total. The molecule has 0 aromatic rings. The van der Waals surface area contributed by atoms with E-state index in [4.69, 9.17) is 4.74 Å². The summed E-state index contributed by atoms with van der Waals surface area (Å²) < 4.78 is 29.0. The molecule has 0 aliphatic carbocycles. The van der Waals surface area contributed by atoms with Crippen molar-refractivity contribution in [2.75, 3.05) is 26.4 Å². The topological polar surface area (TPSA) is 66.9 Å². The van der Waals surface area contributed by atoms with Crippen molar-refractivity contribution < 1.29 is 17.9 Å². The van der Waals surface area contributed by atoms with Gasteiger partial charge in [0.2, 0.25) is 10.0 Å². The zero-order valence-corrected chi connectivity index (χ0v) is 11.7. The number of ether oxygens (including phenoxy) is 1. The average Bonchev–Trinajstić information content (AvgIpc) is 1.94. The molecule has 0 unspecified atom stereocenters. The summed E-state index contributed by atoms with van der Waals surface area (Å²) in [6.45, 7) is 6.16. The third kappa shape index (κ3) is 3.85. The van der Waals surface area contributed by atoms with Crippen LogP contribution in [0.5, 0.6) is 0 Å². The molecule has 0 aromatic heterocycles. The highest BCUT2D eigenvalue weighted by Gasteiger charge is 2.38. The fraction of sp³-hybridized carbons (Fsp3) is 0.900. The summed E-state index contributed by atoms with van der Waals surface area (Å²) in [5.74, 6) is 0. The van der Waals surface area contributed by atoms with Crippen LogP contribution in [0.4, 0.5) is 4.79 Å². The van der Waals surface area contributed by atoms with Crippen LogP contribution in [0.3, 0.4) is 0 Å². The Morgan fingerprint density at radius 3 is 2.18 bits per heavy atom. The number of rotatable bonds is 2. The number of sulfonamides is 1. The molecule has 0 bridgehead atoms. The van der Waals surface area contributed by atoms with Gasteiger partial charge in [0.15, 0.2) is 0 Å². The normalized spacial score (nSPS) is 18.1. The molecule has 0 saturated carbocycles. The summed E-state index contributed by atoms with van der Waals surface area (Å²) in [7, 11) is -1.67. The summed E-state index contributed by atoms with van der Waals surface area (Å²) in [6.07, 6.45) is 0.763. The van der Waals surface area contributed by atoms with E-state index in [1.807, 2.05) is 0 Å². The Morgan fingerprint density at radius 2 is 1.82 bits per heavy atom. The van der Waals surface area contributed by atoms with Crippen LogP contribution in [0.25, 0.3) is 0 Å². The van der Waals surface area contributed by atoms with E-state index in [9.17, 15) is 13.2 Å². The lowest BCUT2D eigenvalue weighted by Crippen LogP contribution is -2.61. The van der Waals surface area contributed by atoms with Crippen LogP contribution in [-0.2, 0) is 14.8 Å². The van der Waals surface area contributed by atoms with E-state index >= 15 is 0 Å². The van der Waals surface area contributed by atoms with Gasteiger partial charge in [-0.15, -0.1) is 0 Å². The van der Waals surface area contributed by atoms with E-state index in [0.29, 0.717) is 13.1 Å². The average molecular weight is 264 g/mol. The zero-order chi connectivity index (χ0) is 13.4. The minimum atomic E-state index is -3.19. The highest BCUT2D eigenvalue weighted by Crippen LogP contribution is 2.19. The lowest BCUT2D eigenvalue weighted by molar-refractivity contribution is -0.00128. The predicted octanol–water partition coefficient (Wildman–Crippen LogP) is 0.497. The lowest BCUT2D eigenvalue weighted by Gasteiger charge is -2.42. The lowest BCUT2D eigenvalue weighted by atomic mass is 10.1. The van der Waals surface area contributed by atoms with Crippen LogP contribution in [0.2, 0.25) is 0 Å². The van der Waals surface area contributed by atoms with Gasteiger partial charge in [-0.05, 0) is 20.8 Å². The van der Waals surface area contributed by atoms with Gasteiger partial charge < -0.3 is 9.64 Å². The Labute approximate surface area is 103 Å². The van der Waals surface area contributed by atoms with Gasteiger partial charge in [0.25, 0.3) is 0 Å². The second kappa shape index (κ2) is 4.45. The Bertz CT molecular complexity index is 393. The van der Waals surface area contributed by atoms with Gasteiger partial charge in [0.05, 0.1) is 12.3 Å². The molecule has 100 valence electrons. The van der Waals surface area contributed by atoms with Crippen LogP contribution in [0.1, 0.15) is 20.8 Å². The standard InChI is InChI=1S/C10H20N2O4S/c1-10(2,3)16-9(13)12-6-8(7-12)11(4)17(5,14)15/h8H,6-7H2,1-5H3. The second-order valence-corrected chi connectivity index (χ2v) is 7.36. The molecule has 1 saturated heterocycles. The van der Waals surface area contributed by atoms with Crippen molar-refractivity contribution in [2.45, 2.75) is 32.4 Å². The van der Waals surface area contributed by atoms with Crippen molar-refractivity contribution in [3.8, 4) is 0 Å². The van der Waals surface area contributed by atoms with Crippen LogP contribution in [0, 0.1) is 0 Å². The van der Waals surface area contributed by atoms with Crippen LogP contribution < -0.4 is 0 Å². The first-order valence-electron chi connectivity index (χ1n) is 5.41. The molecule has 0 radical (unpaired) electrons. The first-order chi connectivity index (χ1) is 7.50.